The van der Waals surface area contributed by atoms with E-state index in [4.69, 9.17) is 0 Å². The molecule has 2 aromatic rings. The minimum Gasteiger partial charge on any atom is -0.352 e. The molecule has 8 nitrogen and oxygen atoms in total. The van der Waals surface area contributed by atoms with Crippen molar-refractivity contribution >= 4 is 5.96 Å². The maximum Gasteiger partial charge on any atom is 0.194 e. The van der Waals surface area contributed by atoms with Crippen molar-refractivity contribution in [3.05, 3.63) is 29.1 Å². The zero-order valence-corrected chi connectivity index (χ0v) is 15.5. The summed E-state index contributed by atoms with van der Waals surface area (Å²) in [6, 6.07) is 0. The molecular formula is C16H28N8. The van der Waals surface area contributed by atoms with Crippen LogP contribution < -0.4 is 5.32 Å². The molecule has 0 aliphatic carbocycles. The van der Waals surface area contributed by atoms with Gasteiger partial charge in [0, 0.05) is 46.0 Å². The van der Waals surface area contributed by atoms with Gasteiger partial charge in [-0.1, -0.05) is 13.8 Å². The number of nitrogens with one attached hydrogen (secondary N) is 1. The van der Waals surface area contributed by atoms with Crippen LogP contribution in [-0.2, 0) is 40.0 Å². The van der Waals surface area contributed by atoms with Gasteiger partial charge in [-0.2, -0.15) is 10.2 Å². The molecule has 0 saturated heterocycles. The molecule has 2 heterocycles. The van der Waals surface area contributed by atoms with Crippen molar-refractivity contribution in [1.82, 2.24) is 34.8 Å². The Labute approximate surface area is 143 Å². The molecule has 0 bridgehead atoms. The summed E-state index contributed by atoms with van der Waals surface area (Å²) in [6.45, 7) is 5.66. The molecule has 132 valence electrons. The topological polar surface area (TPSA) is 76.2 Å². The van der Waals surface area contributed by atoms with Crippen LogP contribution in [0.5, 0.6) is 0 Å². The Kier molecular flexibility index (Phi) is 5.94. The lowest BCUT2D eigenvalue weighted by molar-refractivity contribution is 0.448. The number of nitrogens with zero attached hydrogens (tertiary/aromatic N) is 7. The third kappa shape index (κ3) is 3.74. The van der Waals surface area contributed by atoms with E-state index in [9.17, 15) is 0 Å². The molecule has 0 spiro atoms. The van der Waals surface area contributed by atoms with Gasteiger partial charge in [0.15, 0.2) is 5.96 Å². The van der Waals surface area contributed by atoms with Gasteiger partial charge in [-0.05, 0) is 12.8 Å². The Morgan fingerprint density at radius 1 is 1.25 bits per heavy atom. The van der Waals surface area contributed by atoms with Crippen molar-refractivity contribution in [2.45, 2.75) is 39.8 Å². The Morgan fingerprint density at radius 2 is 2.00 bits per heavy atom. The smallest absolute Gasteiger partial charge is 0.194 e. The molecule has 2 aromatic heterocycles. The monoisotopic (exact) mass is 332 g/mol. The minimum absolute atomic E-state index is 0.643. The standard InChI is InChI=1S/C16H28N8/c1-7-13-12(14(8-2)23(5)21-13)9-18-16(17-3)22(4)10-15-19-11-20-24(15)6/h11H,7-10H2,1-6H3,(H,17,18). The van der Waals surface area contributed by atoms with Crippen LogP contribution in [0.3, 0.4) is 0 Å². The fraction of sp³-hybridized carbons (Fsp3) is 0.625. The molecule has 0 aliphatic rings. The number of aliphatic imine (C=N–C) groups is 1. The van der Waals surface area contributed by atoms with E-state index in [0.717, 1.165) is 36.9 Å². The number of guanidine groups is 1. The zero-order valence-electron chi connectivity index (χ0n) is 15.5. The molecular weight excluding hydrogens is 304 g/mol. The van der Waals surface area contributed by atoms with Gasteiger partial charge in [-0.25, -0.2) is 4.98 Å². The highest BCUT2D eigenvalue weighted by molar-refractivity contribution is 5.79. The van der Waals surface area contributed by atoms with Gasteiger partial charge in [0.1, 0.15) is 12.2 Å². The molecule has 2 rings (SSSR count). The van der Waals surface area contributed by atoms with Gasteiger partial charge in [0.2, 0.25) is 0 Å². The quantitative estimate of drug-likeness (QED) is 0.628. The van der Waals surface area contributed by atoms with Crippen LogP contribution in [0.1, 0.15) is 36.6 Å². The number of hydrogen-bond acceptors (Lipinski definition) is 4. The largest absolute Gasteiger partial charge is 0.352 e. The summed E-state index contributed by atoms with van der Waals surface area (Å²) in [4.78, 5) is 10.7. The molecule has 0 aromatic carbocycles. The maximum absolute atomic E-state index is 4.62. The molecule has 1 N–H and O–H groups in total. The highest BCUT2D eigenvalue weighted by Gasteiger charge is 2.15. The zero-order chi connectivity index (χ0) is 17.7. The number of rotatable bonds is 6. The number of aryl methyl sites for hydroxylation is 3. The second kappa shape index (κ2) is 7.94. The molecule has 0 atom stereocenters. The summed E-state index contributed by atoms with van der Waals surface area (Å²) in [5, 5.41) is 12.2. The van der Waals surface area contributed by atoms with Crippen LogP contribution in [-0.4, -0.2) is 49.5 Å². The van der Waals surface area contributed by atoms with E-state index in [-0.39, 0.29) is 0 Å². The maximum atomic E-state index is 4.62. The fourth-order valence-electron chi connectivity index (χ4n) is 2.90. The first-order valence-corrected chi connectivity index (χ1v) is 8.30. The molecule has 0 amide bonds. The van der Waals surface area contributed by atoms with Crippen molar-refractivity contribution in [3.63, 3.8) is 0 Å². The van der Waals surface area contributed by atoms with Gasteiger partial charge in [0.25, 0.3) is 0 Å². The second-order valence-electron chi connectivity index (χ2n) is 5.76. The van der Waals surface area contributed by atoms with Crippen molar-refractivity contribution in [3.8, 4) is 0 Å². The van der Waals surface area contributed by atoms with E-state index in [2.05, 4.69) is 39.3 Å². The fourth-order valence-corrected chi connectivity index (χ4v) is 2.90. The van der Waals surface area contributed by atoms with E-state index in [1.807, 2.05) is 30.7 Å². The summed E-state index contributed by atoms with van der Waals surface area (Å²) in [7, 11) is 7.69. The molecule has 0 fully saturated rings. The molecule has 0 aliphatic heterocycles. The van der Waals surface area contributed by atoms with E-state index < -0.39 is 0 Å². The molecule has 0 saturated carbocycles. The van der Waals surface area contributed by atoms with Gasteiger partial charge < -0.3 is 10.2 Å². The van der Waals surface area contributed by atoms with Crippen molar-refractivity contribution in [2.24, 2.45) is 19.1 Å². The average Bonchev–Trinajstić information content (AvgIpc) is 3.10. The Hall–Kier alpha value is -2.38. The van der Waals surface area contributed by atoms with Crippen molar-refractivity contribution in [2.75, 3.05) is 14.1 Å². The van der Waals surface area contributed by atoms with Gasteiger partial charge in [-0.3, -0.25) is 14.4 Å². The summed E-state index contributed by atoms with van der Waals surface area (Å²) >= 11 is 0. The molecule has 8 heteroatoms. The first kappa shape index (κ1) is 18.0. The Morgan fingerprint density at radius 3 is 2.54 bits per heavy atom. The Bertz CT molecular complexity index is 697. The Balaban J connectivity index is 2.08. The van der Waals surface area contributed by atoms with Crippen molar-refractivity contribution < 1.29 is 0 Å². The predicted octanol–water partition coefficient (Wildman–Crippen LogP) is 0.881. The molecule has 0 radical (unpaired) electrons. The summed E-state index contributed by atoms with van der Waals surface area (Å²) < 4.78 is 3.76. The van der Waals surface area contributed by atoms with Crippen LogP contribution in [0.2, 0.25) is 0 Å². The highest BCUT2D eigenvalue weighted by Crippen LogP contribution is 2.15. The van der Waals surface area contributed by atoms with Crippen LogP contribution in [0.25, 0.3) is 0 Å². The second-order valence-corrected chi connectivity index (χ2v) is 5.76. The highest BCUT2D eigenvalue weighted by atomic mass is 15.4. The van der Waals surface area contributed by atoms with Crippen LogP contribution in [0.15, 0.2) is 11.3 Å². The third-order valence-electron chi connectivity index (χ3n) is 4.21. The first-order chi connectivity index (χ1) is 11.5. The minimum atomic E-state index is 0.643. The lowest BCUT2D eigenvalue weighted by Crippen LogP contribution is -2.38. The van der Waals surface area contributed by atoms with Gasteiger partial charge in [0.05, 0.1) is 12.2 Å². The molecule has 0 unspecified atom stereocenters. The van der Waals surface area contributed by atoms with Crippen LogP contribution in [0.4, 0.5) is 0 Å². The number of aromatic nitrogens is 5. The third-order valence-corrected chi connectivity index (χ3v) is 4.21. The van der Waals surface area contributed by atoms with Crippen LogP contribution >= 0.6 is 0 Å². The van der Waals surface area contributed by atoms with E-state index in [1.165, 1.54) is 11.3 Å². The van der Waals surface area contributed by atoms with E-state index in [0.29, 0.717) is 6.54 Å². The predicted molar refractivity (Wildman–Crippen MR) is 94.6 cm³/mol. The van der Waals surface area contributed by atoms with Gasteiger partial charge >= 0.3 is 0 Å². The summed E-state index contributed by atoms with van der Waals surface area (Å²) in [6.07, 6.45) is 3.46. The van der Waals surface area contributed by atoms with Crippen molar-refractivity contribution in [1.29, 1.82) is 0 Å². The average molecular weight is 332 g/mol. The van der Waals surface area contributed by atoms with Gasteiger partial charge in [-0.15, -0.1) is 0 Å². The summed E-state index contributed by atoms with van der Waals surface area (Å²) in [5.74, 6) is 1.72. The first-order valence-electron chi connectivity index (χ1n) is 8.30. The van der Waals surface area contributed by atoms with E-state index >= 15 is 0 Å². The SMILES string of the molecule is CCc1nn(C)c(CC)c1CNC(=NC)N(C)Cc1ncnn1C. The lowest BCUT2D eigenvalue weighted by atomic mass is 10.1. The van der Waals surface area contributed by atoms with E-state index in [1.54, 1.807) is 18.1 Å². The molecule has 24 heavy (non-hydrogen) atoms. The van der Waals surface area contributed by atoms with Crippen LogP contribution in [0, 0.1) is 0 Å². The normalized spacial score (nSPS) is 11.8. The lowest BCUT2D eigenvalue weighted by Gasteiger charge is -2.21. The number of hydrogen-bond donors (Lipinski definition) is 1. The summed E-state index contributed by atoms with van der Waals surface area (Å²) in [5.41, 5.74) is 3.69.